The summed E-state index contributed by atoms with van der Waals surface area (Å²) in [7, 11) is 1.66. The largest absolute Gasteiger partial charge is 0.494 e. The van der Waals surface area contributed by atoms with Gasteiger partial charge in [-0.15, -0.1) is 0 Å². The number of ether oxygens (including phenoxy) is 2. The van der Waals surface area contributed by atoms with Crippen molar-refractivity contribution in [3.8, 4) is 11.5 Å². The van der Waals surface area contributed by atoms with Gasteiger partial charge in [0.05, 0.1) is 19.0 Å². The highest BCUT2D eigenvalue weighted by Crippen LogP contribution is 2.39. The topological polar surface area (TPSA) is 79.8 Å². The van der Waals surface area contributed by atoms with Crippen LogP contribution in [0.1, 0.15) is 47.5 Å². The Hall–Kier alpha value is -3.03. The SMILES string of the molecule is COc1cc(N2CCC(C)CC2)ccc1Nc1ncc2c(n1)N(C(C)C)C(=O)C(C)(C)O2. The first kappa shape index (κ1) is 22.2. The third-order valence-corrected chi connectivity index (χ3v) is 6.16. The summed E-state index contributed by atoms with van der Waals surface area (Å²) in [6, 6.07) is 6.06. The molecule has 1 amide bonds. The van der Waals surface area contributed by atoms with E-state index in [4.69, 9.17) is 9.47 Å². The number of benzene rings is 1. The van der Waals surface area contributed by atoms with Gasteiger partial charge in [-0.1, -0.05) is 6.92 Å². The Morgan fingerprint density at radius 2 is 1.97 bits per heavy atom. The van der Waals surface area contributed by atoms with Gasteiger partial charge in [0.25, 0.3) is 5.91 Å². The van der Waals surface area contributed by atoms with Crippen molar-refractivity contribution in [1.82, 2.24) is 9.97 Å². The third-order valence-electron chi connectivity index (χ3n) is 6.16. The van der Waals surface area contributed by atoms with Gasteiger partial charge in [-0.05, 0) is 58.6 Å². The van der Waals surface area contributed by atoms with E-state index in [9.17, 15) is 4.79 Å². The molecule has 1 fully saturated rings. The minimum absolute atomic E-state index is 0.0618. The van der Waals surface area contributed by atoms with E-state index in [-0.39, 0.29) is 11.9 Å². The van der Waals surface area contributed by atoms with E-state index in [0.717, 1.165) is 36.1 Å². The molecule has 0 aliphatic carbocycles. The summed E-state index contributed by atoms with van der Waals surface area (Å²) in [6.07, 6.45) is 4.02. The fourth-order valence-electron chi connectivity index (χ4n) is 4.22. The van der Waals surface area contributed by atoms with E-state index in [0.29, 0.717) is 17.5 Å². The van der Waals surface area contributed by atoms with Gasteiger partial charge in [0.1, 0.15) is 5.75 Å². The molecule has 32 heavy (non-hydrogen) atoms. The second-order valence-electron chi connectivity index (χ2n) is 9.44. The maximum Gasteiger partial charge on any atom is 0.272 e. The molecular weight excluding hydrogens is 406 g/mol. The van der Waals surface area contributed by atoms with Crippen molar-refractivity contribution in [1.29, 1.82) is 0 Å². The molecule has 0 spiro atoms. The molecular formula is C24H33N5O3. The van der Waals surface area contributed by atoms with Gasteiger partial charge in [0.15, 0.2) is 17.2 Å². The number of hydrogen-bond donors (Lipinski definition) is 1. The van der Waals surface area contributed by atoms with Gasteiger partial charge in [-0.2, -0.15) is 4.98 Å². The number of carbonyl (C=O) groups excluding carboxylic acids is 1. The second-order valence-corrected chi connectivity index (χ2v) is 9.44. The van der Waals surface area contributed by atoms with Crippen molar-refractivity contribution in [2.45, 2.75) is 59.1 Å². The van der Waals surface area contributed by atoms with Crippen LogP contribution in [0.25, 0.3) is 0 Å². The van der Waals surface area contributed by atoms with Crippen LogP contribution in [0.2, 0.25) is 0 Å². The zero-order valence-corrected chi connectivity index (χ0v) is 19.8. The number of nitrogens with one attached hydrogen (secondary N) is 1. The number of rotatable bonds is 5. The molecule has 172 valence electrons. The predicted octanol–water partition coefficient (Wildman–Crippen LogP) is 4.38. The monoisotopic (exact) mass is 439 g/mol. The van der Waals surface area contributed by atoms with Gasteiger partial charge in [0.2, 0.25) is 5.95 Å². The van der Waals surface area contributed by atoms with Crippen molar-refractivity contribution in [3.05, 3.63) is 24.4 Å². The van der Waals surface area contributed by atoms with Gasteiger partial charge < -0.3 is 19.7 Å². The summed E-state index contributed by atoms with van der Waals surface area (Å²) in [4.78, 5) is 26.0. The molecule has 1 aromatic heterocycles. The molecule has 0 saturated carbocycles. The summed E-state index contributed by atoms with van der Waals surface area (Å²) in [6.45, 7) is 11.9. The molecule has 0 atom stereocenters. The summed E-state index contributed by atoms with van der Waals surface area (Å²) >= 11 is 0. The van der Waals surface area contributed by atoms with Crippen LogP contribution in [-0.4, -0.2) is 47.7 Å². The minimum atomic E-state index is -0.957. The number of hydrogen-bond acceptors (Lipinski definition) is 7. The number of anilines is 4. The first-order valence-electron chi connectivity index (χ1n) is 11.3. The fraction of sp³-hybridized carbons (Fsp3) is 0.542. The van der Waals surface area contributed by atoms with Crippen LogP contribution in [0.5, 0.6) is 11.5 Å². The maximum absolute atomic E-state index is 12.9. The third kappa shape index (κ3) is 4.18. The molecule has 8 nitrogen and oxygen atoms in total. The molecule has 2 aromatic rings. The van der Waals surface area contributed by atoms with Crippen LogP contribution in [0.4, 0.5) is 23.1 Å². The molecule has 0 radical (unpaired) electrons. The lowest BCUT2D eigenvalue weighted by Crippen LogP contribution is -2.55. The van der Waals surface area contributed by atoms with Crippen LogP contribution in [-0.2, 0) is 4.79 Å². The summed E-state index contributed by atoms with van der Waals surface area (Å²) in [5.41, 5.74) is 0.958. The lowest BCUT2D eigenvalue weighted by molar-refractivity contribution is -0.133. The highest BCUT2D eigenvalue weighted by atomic mass is 16.5. The van der Waals surface area contributed by atoms with Crippen molar-refractivity contribution >= 4 is 29.0 Å². The standard InChI is InChI=1S/C24H33N5O3/c1-15(2)29-21-20(32-24(4,5)22(29)30)14-25-23(27-21)26-18-8-7-17(13-19(18)31-6)28-11-9-16(3)10-12-28/h7-8,13-16H,9-12H2,1-6H3,(H,25,26,27). The molecule has 0 unspecified atom stereocenters. The predicted molar refractivity (Wildman–Crippen MR) is 126 cm³/mol. The Kier molecular flexibility index (Phi) is 5.88. The summed E-state index contributed by atoms with van der Waals surface area (Å²) in [5.74, 6) is 2.72. The smallest absolute Gasteiger partial charge is 0.272 e. The first-order valence-corrected chi connectivity index (χ1v) is 11.3. The first-order chi connectivity index (χ1) is 15.2. The number of amides is 1. The van der Waals surface area contributed by atoms with E-state index in [1.807, 2.05) is 26.0 Å². The molecule has 8 heteroatoms. The molecule has 1 aromatic carbocycles. The van der Waals surface area contributed by atoms with Crippen molar-refractivity contribution in [2.24, 2.45) is 5.92 Å². The quantitative estimate of drug-likeness (QED) is 0.741. The normalized spacial score (nSPS) is 18.4. The van der Waals surface area contributed by atoms with Crippen molar-refractivity contribution < 1.29 is 14.3 Å². The fourth-order valence-corrected chi connectivity index (χ4v) is 4.22. The van der Waals surface area contributed by atoms with Gasteiger partial charge in [0, 0.05) is 30.9 Å². The van der Waals surface area contributed by atoms with Crippen LogP contribution < -0.4 is 24.6 Å². The molecule has 3 heterocycles. The lowest BCUT2D eigenvalue weighted by atomic mass is 9.99. The average molecular weight is 440 g/mol. The zero-order valence-electron chi connectivity index (χ0n) is 19.8. The Labute approximate surface area is 189 Å². The van der Waals surface area contributed by atoms with Crippen LogP contribution in [0, 0.1) is 5.92 Å². The molecule has 1 saturated heterocycles. The lowest BCUT2D eigenvalue weighted by Gasteiger charge is -2.39. The highest BCUT2D eigenvalue weighted by molar-refractivity contribution is 6.01. The Balaban J connectivity index is 1.60. The molecule has 0 bridgehead atoms. The number of carbonyl (C=O) groups is 1. The van der Waals surface area contributed by atoms with E-state index < -0.39 is 5.60 Å². The minimum Gasteiger partial charge on any atom is -0.494 e. The second kappa shape index (κ2) is 8.48. The van der Waals surface area contributed by atoms with Gasteiger partial charge in [-0.3, -0.25) is 9.69 Å². The van der Waals surface area contributed by atoms with Gasteiger partial charge >= 0.3 is 0 Å². The molecule has 2 aliphatic rings. The average Bonchev–Trinajstić information content (AvgIpc) is 2.75. The Morgan fingerprint density at radius 3 is 2.62 bits per heavy atom. The summed E-state index contributed by atoms with van der Waals surface area (Å²) < 4.78 is 11.5. The summed E-state index contributed by atoms with van der Waals surface area (Å²) in [5, 5.41) is 3.25. The van der Waals surface area contributed by atoms with Crippen LogP contribution in [0.3, 0.4) is 0 Å². The van der Waals surface area contributed by atoms with E-state index in [2.05, 4.69) is 33.2 Å². The van der Waals surface area contributed by atoms with Crippen molar-refractivity contribution in [3.63, 3.8) is 0 Å². The Bertz CT molecular complexity index is 999. The molecule has 4 rings (SSSR count). The highest BCUT2D eigenvalue weighted by Gasteiger charge is 2.43. The van der Waals surface area contributed by atoms with E-state index in [1.54, 1.807) is 32.1 Å². The zero-order chi connectivity index (χ0) is 23.0. The van der Waals surface area contributed by atoms with Gasteiger partial charge in [-0.25, -0.2) is 4.98 Å². The van der Waals surface area contributed by atoms with Crippen LogP contribution >= 0.6 is 0 Å². The number of piperidine rings is 1. The van der Waals surface area contributed by atoms with Crippen molar-refractivity contribution in [2.75, 3.05) is 35.3 Å². The molecule has 2 aliphatic heterocycles. The Morgan fingerprint density at radius 1 is 1.25 bits per heavy atom. The maximum atomic E-state index is 12.9. The molecule has 1 N–H and O–H groups in total. The number of methoxy groups -OCH3 is 1. The van der Waals surface area contributed by atoms with E-state index in [1.165, 1.54) is 12.8 Å². The van der Waals surface area contributed by atoms with Crippen LogP contribution in [0.15, 0.2) is 24.4 Å². The van der Waals surface area contributed by atoms with E-state index >= 15 is 0 Å². The number of nitrogens with zero attached hydrogens (tertiary/aromatic N) is 4. The number of fused-ring (bicyclic) bond motifs is 1. The number of aromatic nitrogens is 2.